The van der Waals surface area contributed by atoms with Crippen LogP contribution < -0.4 is 4.90 Å². The van der Waals surface area contributed by atoms with Crippen molar-refractivity contribution in [3.8, 4) is 22.3 Å². The van der Waals surface area contributed by atoms with Crippen LogP contribution in [0, 0.1) is 0 Å². The summed E-state index contributed by atoms with van der Waals surface area (Å²) in [5, 5.41) is 5.26. The minimum absolute atomic E-state index is 0.451. The van der Waals surface area contributed by atoms with Gasteiger partial charge in [-0.05, 0) is 127 Å². The zero-order valence-corrected chi connectivity index (χ0v) is 32.5. The Bertz CT molecular complexity index is 3290. The molecule has 0 unspecified atom stereocenters. The molecule has 57 heavy (non-hydrogen) atoms. The highest BCUT2D eigenvalue weighted by atomic mass is 32.2. The van der Waals surface area contributed by atoms with Crippen LogP contribution in [0.4, 0.5) is 17.1 Å². The van der Waals surface area contributed by atoms with Crippen molar-refractivity contribution in [2.24, 2.45) is 0 Å². The van der Waals surface area contributed by atoms with Crippen molar-refractivity contribution in [3.63, 3.8) is 0 Å². The van der Waals surface area contributed by atoms with Gasteiger partial charge in [-0.2, -0.15) is 0 Å². The maximum absolute atomic E-state index is 2.55. The Labute approximate surface area is 339 Å². The first-order chi connectivity index (χ1) is 28.3. The van der Waals surface area contributed by atoms with Crippen LogP contribution in [0.25, 0.3) is 53.2 Å². The van der Waals surface area contributed by atoms with Crippen LogP contribution in [0.2, 0.25) is 0 Å². The van der Waals surface area contributed by atoms with Crippen molar-refractivity contribution < 1.29 is 0 Å². The molecule has 0 N–H and O–H groups in total. The van der Waals surface area contributed by atoms with Gasteiger partial charge in [0.1, 0.15) is 0 Å². The molecule has 0 saturated carbocycles. The van der Waals surface area contributed by atoms with Crippen LogP contribution in [0.5, 0.6) is 0 Å². The number of hydrogen-bond acceptors (Lipinski definition) is 3. The fourth-order valence-corrected chi connectivity index (χ4v) is 12.7. The van der Waals surface area contributed by atoms with E-state index in [4.69, 9.17) is 0 Å². The highest BCUT2D eigenvalue weighted by molar-refractivity contribution is 7.99. The molecule has 1 aromatic heterocycles. The number of nitrogens with zero attached hydrogens (tertiary/aromatic N) is 1. The second kappa shape index (κ2) is 11.8. The molecule has 2 aliphatic carbocycles. The van der Waals surface area contributed by atoms with Gasteiger partial charge < -0.3 is 4.90 Å². The molecular weight excluding hydrogens is 727 g/mol. The summed E-state index contributed by atoms with van der Waals surface area (Å²) in [4.78, 5) is 5.18. The normalized spacial score (nSPS) is 14.0. The molecule has 1 spiro atoms. The quantitative estimate of drug-likeness (QED) is 0.176. The standard InChI is InChI=1S/C54H33NS2/c1-2-13-37-33(12-1)24-27-39-38-28-25-35(30-34(38)31-43(37)39)55(48-20-11-23-52-53(48)42-16-5-9-21-49(42)56-52)36-26-29-51-47(32-36)54(46-19-8-10-22-50(46)57-51)44-17-6-3-14-40(44)41-15-4-7-18-45(41)54/h1-30,32H,31H2. The van der Waals surface area contributed by atoms with Gasteiger partial charge in [0.25, 0.3) is 0 Å². The number of benzene rings is 9. The maximum Gasteiger partial charge on any atom is 0.0736 e. The highest BCUT2D eigenvalue weighted by Gasteiger charge is 2.50. The first kappa shape index (κ1) is 31.8. The average Bonchev–Trinajstić information content (AvgIpc) is 3.93. The van der Waals surface area contributed by atoms with Crippen LogP contribution in [0.15, 0.2) is 198 Å². The Morgan fingerprint density at radius 3 is 1.95 bits per heavy atom. The van der Waals surface area contributed by atoms with Crippen molar-refractivity contribution >= 4 is 71.1 Å². The number of hydrogen-bond donors (Lipinski definition) is 0. The number of anilines is 3. The average molecular weight is 760 g/mol. The zero-order chi connectivity index (χ0) is 37.2. The van der Waals surface area contributed by atoms with Gasteiger partial charge in [-0.1, -0.05) is 145 Å². The molecule has 3 aliphatic rings. The Morgan fingerprint density at radius 2 is 1.09 bits per heavy atom. The van der Waals surface area contributed by atoms with Crippen LogP contribution in [0.1, 0.15) is 33.4 Å². The first-order valence-electron chi connectivity index (χ1n) is 19.7. The summed E-state index contributed by atoms with van der Waals surface area (Å²) in [6, 6.07) is 71.0. The largest absolute Gasteiger partial charge is 0.310 e. The van der Waals surface area contributed by atoms with Gasteiger partial charge in [-0.3, -0.25) is 0 Å². The van der Waals surface area contributed by atoms with Gasteiger partial charge in [0.2, 0.25) is 0 Å². The molecule has 266 valence electrons. The van der Waals surface area contributed by atoms with E-state index in [9.17, 15) is 0 Å². The fourth-order valence-electron chi connectivity index (χ4n) is 10.5. The molecule has 1 nitrogen and oxygen atoms in total. The predicted octanol–water partition coefficient (Wildman–Crippen LogP) is 15.1. The SMILES string of the molecule is c1ccc2c(c1)Sc1ccc(N(c3ccc4c(c3)Cc3c-4ccc4ccccc34)c3cccc4sc5ccccc5c34)cc1C21c2ccccc2-c2ccccc21. The third-order valence-electron chi connectivity index (χ3n) is 12.8. The van der Waals surface area contributed by atoms with E-state index in [1.807, 2.05) is 23.1 Å². The molecule has 9 aromatic carbocycles. The summed E-state index contributed by atoms with van der Waals surface area (Å²) >= 11 is 3.79. The summed E-state index contributed by atoms with van der Waals surface area (Å²) < 4.78 is 2.61. The van der Waals surface area contributed by atoms with Crippen LogP contribution in [0.3, 0.4) is 0 Å². The molecule has 0 bridgehead atoms. The minimum atomic E-state index is -0.451. The summed E-state index contributed by atoms with van der Waals surface area (Å²) in [6.07, 6.45) is 0.924. The van der Waals surface area contributed by atoms with Gasteiger partial charge in [0.15, 0.2) is 0 Å². The molecule has 0 amide bonds. The van der Waals surface area contributed by atoms with E-state index >= 15 is 0 Å². The van der Waals surface area contributed by atoms with Gasteiger partial charge in [0, 0.05) is 41.3 Å². The van der Waals surface area contributed by atoms with Crippen LogP contribution in [-0.2, 0) is 11.8 Å². The second-order valence-electron chi connectivity index (χ2n) is 15.5. The predicted molar refractivity (Wildman–Crippen MR) is 241 cm³/mol. The van der Waals surface area contributed by atoms with Gasteiger partial charge in [0.05, 0.1) is 11.1 Å². The molecule has 0 radical (unpaired) electrons. The Kier molecular flexibility index (Phi) is 6.59. The molecule has 10 aromatic rings. The van der Waals surface area contributed by atoms with Crippen molar-refractivity contribution in [3.05, 3.63) is 221 Å². The Balaban J connectivity index is 1.08. The topological polar surface area (TPSA) is 3.24 Å². The monoisotopic (exact) mass is 759 g/mol. The van der Waals surface area contributed by atoms with E-state index in [0.717, 1.165) is 6.42 Å². The number of rotatable bonds is 3. The van der Waals surface area contributed by atoms with E-state index < -0.39 is 5.41 Å². The Hall–Kier alpha value is -6.39. The molecular formula is C54H33NS2. The minimum Gasteiger partial charge on any atom is -0.310 e. The van der Waals surface area contributed by atoms with Crippen molar-refractivity contribution in [1.82, 2.24) is 0 Å². The van der Waals surface area contributed by atoms with Gasteiger partial charge >= 0.3 is 0 Å². The van der Waals surface area contributed by atoms with E-state index in [2.05, 4.69) is 193 Å². The second-order valence-corrected chi connectivity index (χ2v) is 17.7. The summed E-state index contributed by atoms with van der Waals surface area (Å²) in [5.41, 5.74) is 16.7. The smallest absolute Gasteiger partial charge is 0.0736 e. The van der Waals surface area contributed by atoms with Crippen molar-refractivity contribution in [1.29, 1.82) is 0 Å². The van der Waals surface area contributed by atoms with Gasteiger partial charge in [-0.25, -0.2) is 0 Å². The lowest BCUT2D eigenvalue weighted by atomic mass is 9.67. The lowest BCUT2D eigenvalue weighted by Gasteiger charge is -2.40. The van der Waals surface area contributed by atoms with Gasteiger partial charge in [-0.15, -0.1) is 11.3 Å². The van der Waals surface area contributed by atoms with Crippen LogP contribution in [-0.4, -0.2) is 0 Å². The first-order valence-corrected chi connectivity index (χ1v) is 21.3. The number of fused-ring (bicyclic) bond motifs is 17. The van der Waals surface area contributed by atoms with Crippen LogP contribution >= 0.6 is 23.1 Å². The molecule has 2 heterocycles. The summed E-state index contributed by atoms with van der Waals surface area (Å²) in [5.74, 6) is 0. The van der Waals surface area contributed by atoms with Crippen molar-refractivity contribution in [2.45, 2.75) is 21.6 Å². The maximum atomic E-state index is 2.55. The highest BCUT2D eigenvalue weighted by Crippen LogP contribution is 2.63. The lowest BCUT2D eigenvalue weighted by Crippen LogP contribution is -2.32. The Morgan fingerprint density at radius 1 is 0.439 bits per heavy atom. The van der Waals surface area contributed by atoms with E-state index in [1.165, 1.54) is 113 Å². The molecule has 0 atom stereocenters. The third kappa shape index (κ3) is 4.31. The molecule has 0 saturated heterocycles. The number of thiophene rings is 1. The lowest BCUT2D eigenvalue weighted by molar-refractivity contribution is 0.722. The fraction of sp³-hybridized carbons (Fsp3) is 0.0370. The van der Waals surface area contributed by atoms with Crippen molar-refractivity contribution in [2.75, 3.05) is 4.90 Å². The zero-order valence-electron chi connectivity index (χ0n) is 30.9. The third-order valence-corrected chi connectivity index (χ3v) is 15.0. The summed E-state index contributed by atoms with van der Waals surface area (Å²) in [6.45, 7) is 0. The molecule has 13 rings (SSSR count). The molecule has 3 heteroatoms. The van der Waals surface area contributed by atoms with E-state index in [1.54, 1.807) is 0 Å². The molecule has 0 fully saturated rings. The van der Waals surface area contributed by atoms with E-state index in [-0.39, 0.29) is 0 Å². The molecule has 1 aliphatic heterocycles. The summed E-state index contributed by atoms with van der Waals surface area (Å²) in [7, 11) is 0. The van der Waals surface area contributed by atoms with E-state index in [0.29, 0.717) is 0 Å².